The van der Waals surface area contributed by atoms with E-state index >= 15 is 0 Å². The Morgan fingerprint density at radius 2 is 1.58 bits per heavy atom. The maximum Gasteiger partial charge on any atom is 0.221 e. The number of hydrogen-bond acceptors (Lipinski definition) is 3. The second-order valence-electron chi connectivity index (χ2n) is 5.22. The van der Waals surface area contributed by atoms with E-state index in [0.29, 0.717) is 31.7 Å². The molecular formula is C14H26N2O2S. The molecule has 0 spiro atoms. The Morgan fingerprint density at radius 1 is 0.947 bits per heavy atom. The van der Waals surface area contributed by atoms with Crippen molar-refractivity contribution in [3.8, 4) is 0 Å². The molecule has 5 heteroatoms. The molecule has 2 amide bonds. The minimum Gasteiger partial charge on any atom is -0.356 e. The summed E-state index contributed by atoms with van der Waals surface area (Å²) in [6.45, 7) is 1.01. The maximum absolute atomic E-state index is 11.6. The van der Waals surface area contributed by atoms with Gasteiger partial charge in [0.05, 0.1) is 0 Å². The van der Waals surface area contributed by atoms with Gasteiger partial charge in [-0.15, -0.1) is 0 Å². The number of hydrogen-bond donors (Lipinski definition) is 3. The quantitative estimate of drug-likeness (QED) is 0.597. The summed E-state index contributed by atoms with van der Waals surface area (Å²) in [7, 11) is 0. The molecule has 19 heavy (non-hydrogen) atoms. The summed E-state index contributed by atoms with van der Waals surface area (Å²) >= 11 is 4.01. The Hall–Kier alpha value is -0.710. The van der Waals surface area contributed by atoms with Gasteiger partial charge in [0.25, 0.3) is 0 Å². The molecule has 0 aromatic rings. The van der Waals surface area contributed by atoms with Crippen molar-refractivity contribution in [2.24, 2.45) is 5.92 Å². The number of carbonyl (C=O) groups excluding carboxylic acids is 2. The lowest BCUT2D eigenvalue weighted by Gasteiger charge is -2.20. The van der Waals surface area contributed by atoms with E-state index in [-0.39, 0.29) is 11.8 Å². The molecule has 0 unspecified atom stereocenters. The molecule has 4 nitrogen and oxygen atoms in total. The lowest BCUT2D eigenvalue weighted by Crippen LogP contribution is -2.31. The number of carbonyl (C=O) groups is 2. The Labute approximate surface area is 121 Å². The number of rotatable bonds is 8. The molecule has 0 radical (unpaired) electrons. The third kappa shape index (κ3) is 8.14. The summed E-state index contributed by atoms with van der Waals surface area (Å²) in [5, 5.41) is 5.53. The molecule has 0 aliphatic heterocycles. The minimum absolute atomic E-state index is 0.0263. The highest BCUT2D eigenvalue weighted by Crippen LogP contribution is 2.27. The van der Waals surface area contributed by atoms with Gasteiger partial charge in [-0.3, -0.25) is 9.59 Å². The summed E-state index contributed by atoms with van der Waals surface area (Å²) in [4.78, 5) is 22.9. The zero-order valence-corrected chi connectivity index (χ0v) is 12.5. The topological polar surface area (TPSA) is 58.2 Å². The standard InChI is InChI=1S/C14H26N2O2S/c17-13(7-6-12-4-2-1-3-5-12)15-9-8-14(18)16-10-11-19/h12,19H,1-11H2,(H,15,17)(H,16,18). The van der Waals surface area contributed by atoms with E-state index < -0.39 is 0 Å². The largest absolute Gasteiger partial charge is 0.356 e. The van der Waals surface area contributed by atoms with Gasteiger partial charge in [0.2, 0.25) is 11.8 Å². The Bertz CT molecular complexity index is 279. The maximum atomic E-state index is 11.6. The first-order valence-electron chi connectivity index (χ1n) is 7.36. The van der Waals surface area contributed by atoms with Crippen LogP contribution >= 0.6 is 12.6 Å². The van der Waals surface area contributed by atoms with E-state index in [0.717, 1.165) is 12.3 Å². The van der Waals surface area contributed by atoms with Crippen LogP contribution in [-0.2, 0) is 9.59 Å². The minimum atomic E-state index is -0.0263. The molecule has 0 aromatic heterocycles. The summed E-state index contributed by atoms with van der Waals surface area (Å²) in [5.41, 5.74) is 0. The molecule has 1 aliphatic carbocycles. The van der Waals surface area contributed by atoms with Crippen LogP contribution in [-0.4, -0.2) is 30.7 Å². The summed E-state index contributed by atoms with van der Waals surface area (Å²) in [6, 6.07) is 0. The van der Waals surface area contributed by atoms with Crippen LogP contribution in [0, 0.1) is 5.92 Å². The van der Waals surface area contributed by atoms with Crippen molar-refractivity contribution in [1.29, 1.82) is 0 Å². The first kappa shape index (κ1) is 16.3. The highest BCUT2D eigenvalue weighted by Gasteiger charge is 2.14. The highest BCUT2D eigenvalue weighted by atomic mass is 32.1. The second kappa shape index (κ2) is 10.1. The van der Waals surface area contributed by atoms with Gasteiger partial charge in [-0.1, -0.05) is 32.1 Å². The summed E-state index contributed by atoms with van der Waals surface area (Å²) < 4.78 is 0. The fraction of sp³-hybridized carbons (Fsp3) is 0.857. The Balaban J connectivity index is 1.99. The Morgan fingerprint density at radius 3 is 2.26 bits per heavy atom. The fourth-order valence-corrected chi connectivity index (χ4v) is 2.61. The van der Waals surface area contributed by atoms with Crippen LogP contribution < -0.4 is 10.6 Å². The first-order chi connectivity index (χ1) is 9.22. The number of thiol groups is 1. The second-order valence-corrected chi connectivity index (χ2v) is 5.66. The van der Waals surface area contributed by atoms with E-state index in [4.69, 9.17) is 0 Å². The van der Waals surface area contributed by atoms with E-state index in [9.17, 15) is 9.59 Å². The fourth-order valence-electron chi connectivity index (χ4n) is 2.50. The molecule has 1 aliphatic rings. The van der Waals surface area contributed by atoms with Crippen LogP contribution in [0.2, 0.25) is 0 Å². The average molecular weight is 286 g/mol. The van der Waals surface area contributed by atoms with Crippen molar-refractivity contribution < 1.29 is 9.59 Å². The van der Waals surface area contributed by atoms with Gasteiger partial charge in [-0.05, 0) is 12.3 Å². The third-order valence-electron chi connectivity index (χ3n) is 3.61. The summed E-state index contributed by atoms with van der Waals surface area (Å²) in [6.07, 6.45) is 8.49. The van der Waals surface area contributed by atoms with Crippen LogP contribution in [0.4, 0.5) is 0 Å². The predicted octanol–water partition coefficient (Wildman–Crippen LogP) is 1.90. The van der Waals surface area contributed by atoms with Gasteiger partial charge >= 0.3 is 0 Å². The third-order valence-corrected chi connectivity index (χ3v) is 3.84. The average Bonchev–Trinajstić information content (AvgIpc) is 2.44. The van der Waals surface area contributed by atoms with Crippen molar-refractivity contribution in [3.63, 3.8) is 0 Å². The molecule has 2 N–H and O–H groups in total. The van der Waals surface area contributed by atoms with Gasteiger partial charge in [0.15, 0.2) is 0 Å². The predicted molar refractivity (Wildman–Crippen MR) is 80.3 cm³/mol. The molecule has 0 atom stereocenters. The van der Waals surface area contributed by atoms with E-state index in [1.54, 1.807) is 0 Å². The molecule has 0 heterocycles. The van der Waals surface area contributed by atoms with Crippen molar-refractivity contribution in [2.75, 3.05) is 18.8 Å². The van der Waals surface area contributed by atoms with Crippen molar-refractivity contribution in [2.45, 2.75) is 51.4 Å². The molecule has 1 saturated carbocycles. The van der Waals surface area contributed by atoms with E-state index in [2.05, 4.69) is 23.3 Å². The molecule has 0 saturated heterocycles. The Kier molecular flexibility index (Phi) is 8.71. The van der Waals surface area contributed by atoms with Crippen LogP contribution in [0.25, 0.3) is 0 Å². The number of nitrogens with one attached hydrogen (secondary N) is 2. The molecule has 1 fully saturated rings. The van der Waals surface area contributed by atoms with Crippen LogP contribution in [0.5, 0.6) is 0 Å². The first-order valence-corrected chi connectivity index (χ1v) is 8.00. The zero-order chi connectivity index (χ0) is 13.9. The monoisotopic (exact) mass is 286 g/mol. The normalized spacial score (nSPS) is 16.1. The van der Waals surface area contributed by atoms with Crippen molar-refractivity contribution in [3.05, 3.63) is 0 Å². The smallest absolute Gasteiger partial charge is 0.221 e. The molecule has 1 rings (SSSR count). The SMILES string of the molecule is O=C(CCNC(=O)CCC1CCCCC1)NCCS. The van der Waals surface area contributed by atoms with Gasteiger partial charge in [-0.2, -0.15) is 12.6 Å². The van der Waals surface area contributed by atoms with Gasteiger partial charge in [0, 0.05) is 31.7 Å². The lowest BCUT2D eigenvalue weighted by molar-refractivity contribution is -0.122. The van der Waals surface area contributed by atoms with E-state index in [1.807, 2.05) is 0 Å². The van der Waals surface area contributed by atoms with Crippen LogP contribution in [0.15, 0.2) is 0 Å². The van der Waals surface area contributed by atoms with Gasteiger partial charge in [0.1, 0.15) is 0 Å². The summed E-state index contributed by atoms with van der Waals surface area (Å²) in [5.74, 6) is 1.42. The molecule has 0 bridgehead atoms. The number of amides is 2. The van der Waals surface area contributed by atoms with Gasteiger partial charge in [-0.25, -0.2) is 0 Å². The highest BCUT2D eigenvalue weighted by molar-refractivity contribution is 7.80. The van der Waals surface area contributed by atoms with E-state index in [1.165, 1.54) is 32.1 Å². The van der Waals surface area contributed by atoms with Crippen molar-refractivity contribution >= 4 is 24.4 Å². The van der Waals surface area contributed by atoms with Crippen LogP contribution in [0.3, 0.4) is 0 Å². The van der Waals surface area contributed by atoms with Gasteiger partial charge < -0.3 is 10.6 Å². The lowest BCUT2D eigenvalue weighted by atomic mass is 9.86. The van der Waals surface area contributed by atoms with Crippen molar-refractivity contribution in [1.82, 2.24) is 10.6 Å². The molecule has 110 valence electrons. The van der Waals surface area contributed by atoms with Crippen LogP contribution in [0.1, 0.15) is 51.4 Å². The molecule has 0 aromatic carbocycles. The molecular weight excluding hydrogens is 260 g/mol. The zero-order valence-electron chi connectivity index (χ0n) is 11.6.